The van der Waals surface area contributed by atoms with Crippen molar-refractivity contribution in [2.45, 2.75) is 26.2 Å². The fourth-order valence-electron chi connectivity index (χ4n) is 3.59. The van der Waals surface area contributed by atoms with E-state index in [1.807, 2.05) is 0 Å². The number of rotatable bonds is 10. The van der Waals surface area contributed by atoms with Crippen molar-refractivity contribution < 1.29 is 26.8 Å². The van der Waals surface area contributed by atoms with Crippen molar-refractivity contribution in [3.05, 3.63) is 53.9 Å². The Kier molecular flexibility index (Phi) is 7.51. The summed E-state index contributed by atoms with van der Waals surface area (Å²) in [7, 11) is -2.26. The number of furan rings is 1. The van der Waals surface area contributed by atoms with E-state index in [0.717, 1.165) is 10.6 Å². The molecule has 0 aliphatic rings. The third-order valence-electron chi connectivity index (χ3n) is 5.25. The summed E-state index contributed by atoms with van der Waals surface area (Å²) in [6, 6.07) is 7.05. The van der Waals surface area contributed by atoms with Gasteiger partial charge in [0.15, 0.2) is 5.82 Å². The third-order valence-corrected chi connectivity index (χ3v) is 6.40. The second kappa shape index (κ2) is 10.2. The Morgan fingerprint density at radius 1 is 1.24 bits per heavy atom. The van der Waals surface area contributed by atoms with Crippen molar-refractivity contribution in [2.24, 2.45) is 0 Å². The number of carbonyl (C=O) groups is 2. The largest absolute Gasteiger partial charge is 0.437 e. The minimum absolute atomic E-state index is 0.0304. The van der Waals surface area contributed by atoms with E-state index >= 15 is 0 Å². The van der Waals surface area contributed by atoms with Crippen LogP contribution in [-0.2, 0) is 14.8 Å². The topological polar surface area (TPSA) is 110 Å². The molecule has 0 aliphatic carbocycles. The Bertz CT molecular complexity index is 1350. The number of anilines is 1. The van der Waals surface area contributed by atoms with Gasteiger partial charge in [-0.25, -0.2) is 12.8 Å². The number of aromatic nitrogens is 1. The molecule has 0 fully saturated rings. The van der Waals surface area contributed by atoms with Gasteiger partial charge in [-0.3, -0.25) is 9.10 Å². The van der Waals surface area contributed by atoms with Crippen LogP contribution >= 0.6 is 0 Å². The van der Waals surface area contributed by atoms with Crippen molar-refractivity contribution in [1.82, 2.24) is 10.3 Å². The number of benzene rings is 1. The molecule has 0 spiro atoms. The normalized spacial score (nSPS) is 11.4. The van der Waals surface area contributed by atoms with Gasteiger partial charge in [0.1, 0.15) is 17.4 Å². The van der Waals surface area contributed by atoms with Gasteiger partial charge in [0, 0.05) is 31.1 Å². The van der Waals surface area contributed by atoms with E-state index < -0.39 is 21.7 Å². The second-order valence-electron chi connectivity index (χ2n) is 7.84. The van der Waals surface area contributed by atoms with Crippen LogP contribution in [0.25, 0.3) is 28.5 Å². The molecule has 3 aromatic rings. The third kappa shape index (κ3) is 5.33. The number of carbonyl (C=O) groups excluding carboxylic acids is 2. The van der Waals surface area contributed by atoms with Gasteiger partial charge in [0.25, 0.3) is 5.91 Å². The fraction of sp³-hybridized carbons (Fsp3) is 0.292. The van der Waals surface area contributed by atoms with Crippen molar-refractivity contribution in [1.29, 1.82) is 0 Å². The molecule has 8 nitrogen and oxygen atoms in total. The zero-order valence-electron chi connectivity index (χ0n) is 19.2. The van der Waals surface area contributed by atoms with Gasteiger partial charge in [-0.05, 0) is 50.1 Å². The Morgan fingerprint density at radius 3 is 2.47 bits per heavy atom. The van der Waals surface area contributed by atoms with Crippen LogP contribution in [-0.4, -0.2) is 44.9 Å². The number of hydrogen-bond acceptors (Lipinski definition) is 6. The summed E-state index contributed by atoms with van der Waals surface area (Å²) in [4.78, 5) is 28.4. The summed E-state index contributed by atoms with van der Waals surface area (Å²) in [6.45, 7) is 5.37. The molecule has 1 aromatic carbocycles. The average Bonchev–Trinajstić information content (AvgIpc) is 3.15. The summed E-state index contributed by atoms with van der Waals surface area (Å²) in [5.41, 5.74) is 1.10. The van der Waals surface area contributed by atoms with Crippen LogP contribution in [0.15, 0.2) is 41.3 Å². The Labute approximate surface area is 197 Å². The molecule has 1 N–H and O–H groups in total. The van der Waals surface area contributed by atoms with E-state index in [0.29, 0.717) is 35.8 Å². The number of sulfonamides is 1. The first-order chi connectivity index (χ1) is 16.1. The molecule has 0 saturated carbocycles. The number of fused-ring (bicyclic) bond motifs is 1. The van der Waals surface area contributed by atoms with Crippen LogP contribution < -0.4 is 9.62 Å². The number of nitrogens with one attached hydrogen (secondary N) is 1. The van der Waals surface area contributed by atoms with Crippen LogP contribution in [0.3, 0.4) is 0 Å². The van der Waals surface area contributed by atoms with Gasteiger partial charge < -0.3 is 14.5 Å². The van der Waals surface area contributed by atoms with Crippen LogP contribution in [0.2, 0.25) is 0 Å². The maximum Gasteiger partial charge on any atom is 0.255 e. The average molecular weight is 488 g/mol. The van der Waals surface area contributed by atoms with Crippen molar-refractivity contribution in [3.63, 3.8) is 0 Å². The van der Waals surface area contributed by atoms with Crippen molar-refractivity contribution in [2.75, 3.05) is 24.2 Å². The van der Waals surface area contributed by atoms with E-state index in [1.54, 1.807) is 6.07 Å². The highest BCUT2D eigenvalue weighted by Gasteiger charge is 2.27. The van der Waals surface area contributed by atoms with Crippen LogP contribution in [0.5, 0.6) is 0 Å². The Balaban J connectivity index is 2.18. The molecule has 0 radical (unpaired) electrons. The quantitative estimate of drug-likeness (QED) is 0.430. The number of unbranched alkanes of at least 4 members (excludes halogenated alkanes) is 1. The molecule has 3 rings (SSSR count). The SMILES string of the molecule is C=Cc1cc2c(C(=O)NC)c(-c3ccc(F)cc3)oc2nc1N(CCCCC(C)=O)S(C)(=O)=O. The predicted molar refractivity (Wildman–Crippen MR) is 130 cm³/mol. The smallest absolute Gasteiger partial charge is 0.255 e. The number of amides is 1. The Morgan fingerprint density at radius 2 is 1.91 bits per heavy atom. The fourth-order valence-corrected chi connectivity index (χ4v) is 4.51. The summed E-state index contributed by atoms with van der Waals surface area (Å²) >= 11 is 0. The highest BCUT2D eigenvalue weighted by Crippen LogP contribution is 2.36. The lowest BCUT2D eigenvalue weighted by atomic mass is 10.0. The van der Waals surface area contributed by atoms with E-state index in [1.165, 1.54) is 44.3 Å². The standard InChI is InChI=1S/C24H26FN3O5S/c1-5-16-14-19-20(23(30)26-3)21(17-9-11-18(25)12-10-17)33-24(19)27-22(16)28(34(4,31)32)13-7-6-8-15(2)29/h5,9-12,14H,1,6-8,13H2,2-4H3,(H,26,30). The molecule has 0 saturated heterocycles. The van der Waals surface area contributed by atoms with Gasteiger partial charge in [-0.15, -0.1) is 0 Å². The Hall–Kier alpha value is -3.53. The maximum absolute atomic E-state index is 13.4. The number of nitrogens with zero attached hydrogens (tertiary/aromatic N) is 2. The van der Waals surface area contributed by atoms with Crippen LogP contribution in [0, 0.1) is 5.82 Å². The molecule has 0 aliphatic heterocycles. The maximum atomic E-state index is 13.4. The van der Waals surface area contributed by atoms with Gasteiger partial charge in [-0.2, -0.15) is 4.98 Å². The number of pyridine rings is 1. The molecule has 0 atom stereocenters. The molecule has 180 valence electrons. The second-order valence-corrected chi connectivity index (χ2v) is 9.75. The molecular formula is C24H26FN3O5S. The first-order valence-corrected chi connectivity index (χ1v) is 12.5. The van der Waals surface area contributed by atoms with Crippen molar-refractivity contribution in [3.8, 4) is 11.3 Å². The molecule has 1 amide bonds. The van der Waals surface area contributed by atoms with Gasteiger partial charge in [-0.1, -0.05) is 12.7 Å². The summed E-state index contributed by atoms with van der Waals surface area (Å²) < 4.78 is 45.7. The van der Waals surface area contributed by atoms with Gasteiger partial charge in [0.05, 0.1) is 17.2 Å². The highest BCUT2D eigenvalue weighted by molar-refractivity contribution is 7.92. The molecular weight excluding hydrogens is 461 g/mol. The lowest BCUT2D eigenvalue weighted by Gasteiger charge is -2.23. The van der Waals surface area contributed by atoms with E-state index in [-0.39, 0.29) is 35.2 Å². The molecule has 0 unspecified atom stereocenters. The zero-order valence-corrected chi connectivity index (χ0v) is 20.0. The number of halogens is 1. The van der Waals surface area contributed by atoms with Crippen LogP contribution in [0.1, 0.15) is 42.1 Å². The predicted octanol–water partition coefficient (Wildman–Crippen LogP) is 4.16. The summed E-state index contributed by atoms with van der Waals surface area (Å²) in [6.07, 6.45) is 3.86. The van der Waals surface area contributed by atoms with E-state index in [2.05, 4.69) is 16.9 Å². The minimum atomic E-state index is -3.73. The van der Waals surface area contributed by atoms with E-state index in [4.69, 9.17) is 4.42 Å². The molecule has 2 aromatic heterocycles. The monoisotopic (exact) mass is 487 g/mol. The highest BCUT2D eigenvalue weighted by atomic mass is 32.2. The zero-order chi connectivity index (χ0) is 25.0. The van der Waals surface area contributed by atoms with E-state index in [9.17, 15) is 22.4 Å². The van der Waals surface area contributed by atoms with Crippen molar-refractivity contribution >= 4 is 44.7 Å². The van der Waals surface area contributed by atoms with Gasteiger partial charge >= 0.3 is 0 Å². The number of ketones is 1. The number of hydrogen-bond donors (Lipinski definition) is 1. The molecule has 2 heterocycles. The number of Topliss-reactive ketones (excluding diaryl/α,β-unsaturated/α-hetero) is 1. The summed E-state index contributed by atoms with van der Waals surface area (Å²) in [5.74, 6) is -0.559. The molecule has 0 bridgehead atoms. The first-order valence-electron chi connectivity index (χ1n) is 10.6. The summed E-state index contributed by atoms with van der Waals surface area (Å²) in [5, 5.41) is 2.93. The van der Waals surface area contributed by atoms with Gasteiger partial charge in [0.2, 0.25) is 15.7 Å². The minimum Gasteiger partial charge on any atom is -0.437 e. The molecule has 10 heteroatoms. The molecule has 34 heavy (non-hydrogen) atoms. The first kappa shape index (κ1) is 25.1. The van der Waals surface area contributed by atoms with Crippen LogP contribution in [0.4, 0.5) is 10.2 Å². The lowest BCUT2D eigenvalue weighted by Crippen LogP contribution is -2.32. The lowest BCUT2D eigenvalue weighted by molar-refractivity contribution is -0.117.